The molecule has 0 aliphatic rings. The normalized spacial score (nSPS) is 10.9. The van der Waals surface area contributed by atoms with E-state index in [1.54, 1.807) is 0 Å². The number of carbonyl (C=O) groups is 2. The number of halogens is 4. The average Bonchev–Trinajstić information content (AvgIpc) is 2.26. The molecule has 0 atom stereocenters. The first-order valence-corrected chi connectivity index (χ1v) is 4.34. The Labute approximate surface area is 97.3 Å². The predicted molar refractivity (Wildman–Crippen MR) is 51.5 cm³/mol. The fraction of sp³-hybridized carbons (Fsp3) is 0. The summed E-state index contributed by atoms with van der Waals surface area (Å²) in [6.45, 7) is 0. The quantitative estimate of drug-likeness (QED) is 0.492. The number of carboxylic acids is 1. The third-order valence-electron chi connectivity index (χ3n) is 1.93. The maximum absolute atomic E-state index is 13.3. The molecule has 0 unspecified atom stereocenters. The van der Waals surface area contributed by atoms with Gasteiger partial charge in [0.05, 0.1) is 5.56 Å². The number of carboxylic acid groups (broad SMARTS) is 1. The van der Waals surface area contributed by atoms with Crippen LogP contribution >= 0.6 is 0 Å². The molecule has 0 bridgehead atoms. The molecule has 0 saturated heterocycles. The summed E-state index contributed by atoms with van der Waals surface area (Å²) in [5.41, 5.74) is 1.67. The molecule has 0 heterocycles. The Balaban J connectivity index is 3.58. The molecule has 8 heteroatoms. The van der Waals surface area contributed by atoms with Gasteiger partial charge >= 0.3 is 5.97 Å². The molecule has 1 aromatic carbocycles. The van der Waals surface area contributed by atoms with Crippen molar-refractivity contribution >= 4 is 18.0 Å². The molecule has 0 aliphatic heterocycles. The molecule has 0 spiro atoms. The first-order valence-electron chi connectivity index (χ1n) is 4.34. The van der Waals surface area contributed by atoms with Crippen LogP contribution in [0.5, 0.6) is 0 Å². The van der Waals surface area contributed by atoms with Crippen molar-refractivity contribution in [2.24, 2.45) is 5.73 Å². The van der Waals surface area contributed by atoms with Crippen LogP contribution in [0.25, 0.3) is 6.08 Å². The summed E-state index contributed by atoms with van der Waals surface area (Å²) in [7, 11) is 0. The van der Waals surface area contributed by atoms with E-state index in [9.17, 15) is 27.2 Å². The highest BCUT2D eigenvalue weighted by atomic mass is 19.2. The first-order chi connectivity index (χ1) is 8.27. The van der Waals surface area contributed by atoms with Crippen LogP contribution in [0, 0.1) is 23.3 Å². The fourth-order valence-electron chi connectivity index (χ4n) is 1.15. The third-order valence-corrected chi connectivity index (χ3v) is 1.93. The number of primary amides is 1. The second kappa shape index (κ2) is 4.86. The summed E-state index contributed by atoms with van der Waals surface area (Å²) in [5.74, 6) is -11.2. The maximum Gasteiger partial charge on any atom is 0.341 e. The number of aromatic carboxylic acids is 1. The Bertz CT molecular complexity index is 540. The van der Waals surface area contributed by atoms with Crippen molar-refractivity contribution in [1.82, 2.24) is 0 Å². The number of rotatable bonds is 3. The van der Waals surface area contributed by atoms with Gasteiger partial charge in [0, 0.05) is 6.08 Å². The highest BCUT2D eigenvalue weighted by Crippen LogP contribution is 2.25. The Morgan fingerprint density at radius 3 is 1.78 bits per heavy atom. The van der Waals surface area contributed by atoms with Gasteiger partial charge in [-0.05, 0) is 6.08 Å². The summed E-state index contributed by atoms with van der Waals surface area (Å²) >= 11 is 0. The molecule has 18 heavy (non-hydrogen) atoms. The Kier molecular flexibility index (Phi) is 3.70. The highest BCUT2D eigenvalue weighted by molar-refractivity contribution is 5.91. The second-order valence-electron chi connectivity index (χ2n) is 3.09. The lowest BCUT2D eigenvalue weighted by Crippen LogP contribution is -2.12. The Morgan fingerprint density at radius 2 is 1.44 bits per heavy atom. The van der Waals surface area contributed by atoms with E-state index in [1.807, 2.05) is 0 Å². The molecule has 96 valence electrons. The van der Waals surface area contributed by atoms with Crippen LogP contribution in [0.3, 0.4) is 0 Å². The summed E-state index contributed by atoms with van der Waals surface area (Å²) < 4.78 is 52.9. The van der Waals surface area contributed by atoms with Crippen molar-refractivity contribution in [3.8, 4) is 0 Å². The number of hydrogen-bond acceptors (Lipinski definition) is 2. The van der Waals surface area contributed by atoms with E-state index in [0.717, 1.165) is 0 Å². The van der Waals surface area contributed by atoms with Crippen LogP contribution in [0.4, 0.5) is 17.6 Å². The largest absolute Gasteiger partial charge is 0.477 e. The number of hydrogen-bond donors (Lipinski definition) is 2. The van der Waals surface area contributed by atoms with Crippen molar-refractivity contribution in [2.75, 3.05) is 0 Å². The molecule has 0 radical (unpaired) electrons. The van der Waals surface area contributed by atoms with Gasteiger partial charge < -0.3 is 10.8 Å². The van der Waals surface area contributed by atoms with Crippen LogP contribution < -0.4 is 5.73 Å². The minimum absolute atomic E-state index is 0.408. The van der Waals surface area contributed by atoms with Gasteiger partial charge in [-0.1, -0.05) is 0 Å². The lowest BCUT2D eigenvalue weighted by molar-refractivity contribution is -0.113. The minimum Gasteiger partial charge on any atom is -0.477 e. The smallest absolute Gasteiger partial charge is 0.341 e. The standard InChI is InChI=1S/C10H5F4NO3/c11-6-3(1-2-4(15)16)7(12)9(14)5(8(6)13)10(17)18/h1-2H,(H2,15,16)(H,17,18). The number of amides is 1. The van der Waals surface area contributed by atoms with Gasteiger partial charge in [0.2, 0.25) is 5.91 Å². The zero-order valence-electron chi connectivity index (χ0n) is 8.51. The maximum atomic E-state index is 13.3. The molecule has 1 rings (SSSR count). The van der Waals surface area contributed by atoms with E-state index < -0.39 is 46.3 Å². The summed E-state index contributed by atoms with van der Waals surface area (Å²) in [6, 6.07) is 0. The summed E-state index contributed by atoms with van der Waals surface area (Å²) in [4.78, 5) is 20.8. The zero-order valence-corrected chi connectivity index (χ0v) is 8.51. The lowest BCUT2D eigenvalue weighted by Gasteiger charge is -2.06. The molecule has 0 fully saturated rings. The molecule has 3 N–H and O–H groups in total. The summed E-state index contributed by atoms with van der Waals surface area (Å²) in [5, 5.41) is 8.40. The van der Waals surface area contributed by atoms with E-state index in [2.05, 4.69) is 5.73 Å². The lowest BCUT2D eigenvalue weighted by atomic mass is 10.1. The van der Waals surface area contributed by atoms with Crippen LogP contribution in [0.2, 0.25) is 0 Å². The van der Waals surface area contributed by atoms with E-state index in [4.69, 9.17) is 5.11 Å². The van der Waals surface area contributed by atoms with Gasteiger partial charge in [0.25, 0.3) is 0 Å². The van der Waals surface area contributed by atoms with Gasteiger partial charge in [-0.3, -0.25) is 4.79 Å². The molecular formula is C10H5F4NO3. The third kappa shape index (κ3) is 2.31. The van der Waals surface area contributed by atoms with Crippen molar-refractivity contribution in [3.63, 3.8) is 0 Å². The molecule has 0 saturated carbocycles. The minimum atomic E-state index is -2.16. The van der Waals surface area contributed by atoms with Crippen molar-refractivity contribution in [2.45, 2.75) is 0 Å². The van der Waals surface area contributed by atoms with Crippen molar-refractivity contribution in [3.05, 3.63) is 40.5 Å². The molecule has 4 nitrogen and oxygen atoms in total. The number of nitrogens with two attached hydrogens (primary N) is 1. The SMILES string of the molecule is NC(=O)C=Cc1c(F)c(F)c(C(=O)O)c(F)c1F. The predicted octanol–water partition coefficient (Wildman–Crippen LogP) is 1.44. The molecule has 0 aromatic heterocycles. The van der Waals surface area contributed by atoms with E-state index >= 15 is 0 Å². The molecule has 0 aliphatic carbocycles. The Morgan fingerprint density at radius 1 is 1.00 bits per heavy atom. The van der Waals surface area contributed by atoms with Gasteiger partial charge in [-0.15, -0.1) is 0 Å². The fourth-order valence-corrected chi connectivity index (χ4v) is 1.15. The summed E-state index contributed by atoms with van der Waals surface area (Å²) in [6.07, 6.45) is 0.881. The average molecular weight is 263 g/mol. The van der Waals surface area contributed by atoms with E-state index in [-0.39, 0.29) is 0 Å². The molecular weight excluding hydrogens is 258 g/mol. The molecule has 1 aromatic rings. The van der Waals surface area contributed by atoms with Crippen LogP contribution in [-0.2, 0) is 4.79 Å². The van der Waals surface area contributed by atoms with E-state index in [0.29, 0.717) is 12.2 Å². The number of benzene rings is 1. The van der Waals surface area contributed by atoms with Gasteiger partial charge in [-0.2, -0.15) is 0 Å². The molecule has 1 amide bonds. The second-order valence-corrected chi connectivity index (χ2v) is 3.09. The van der Waals surface area contributed by atoms with Crippen LogP contribution in [0.1, 0.15) is 15.9 Å². The van der Waals surface area contributed by atoms with Gasteiger partial charge in [0.1, 0.15) is 5.56 Å². The topological polar surface area (TPSA) is 80.4 Å². The highest BCUT2D eigenvalue weighted by Gasteiger charge is 2.28. The number of carbonyl (C=O) groups excluding carboxylic acids is 1. The van der Waals surface area contributed by atoms with Gasteiger partial charge in [0.15, 0.2) is 23.3 Å². The monoisotopic (exact) mass is 263 g/mol. The van der Waals surface area contributed by atoms with E-state index in [1.165, 1.54) is 0 Å². The van der Waals surface area contributed by atoms with Crippen molar-refractivity contribution in [1.29, 1.82) is 0 Å². The van der Waals surface area contributed by atoms with Crippen LogP contribution in [-0.4, -0.2) is 17.0 Å². The Hall–Kier alpha value is -2.38. The van der Waals surface area contributed by atoms with Gasteiger partial charge in [-0.25, -0.2) is 22.4 Å². The first kappa shape index (κ1) is 13.7. The zero-order chi connectivity index (χ0) is 14.0. The van der Waals surface area contributed by atoms with Crippen LogP contribution in [0.15, 0.2) is 6.08 Å². The van der Waals surface area contributed by atoms with Crippen molar-refractivity contribution < 1.29 is 32.3 Å².